The summed E-state index contributed by atoms with van der Waals surface area (Å²) in [5, 5.41) is 1.70. The first kappa shape index (κ1) is 8.27. The van der Waals surface area contributed by atoms with Gasteiger partial charge in [-0.1, -0.05) is 42.5 Å². The van der Waals surface area contributed by atoms with Crippen LogP contribution in [0.25, 0.3) is 17.0 Å². The molecule has 0 atom stereocenters. The molecule has 13 heavy (non-hydrogen) atoms. The monoisotopic (exact) mass is 189 g/mol. The van der Waals surface area contributed by atoms with Crippen molar-refractivity contribution in [3.05, 3.63) is 47.6 Å². The van der Waals surface area contributed by atoms with Crippen LogP contribution in [0.3, 0.4) is 0 Å². The van der Waals surface area contributed by atoms with Gasteiger partial charge in [0, 0.05) is 17.1 Å². The van der Waals surface area contributed by atoms with Crippen molar-refractivity contribution in [2.24, 2.45) is 0 Å². The third kappa shape index (κ3) is 1.31. The SMILES string of the molecule is C=Cc1cccc2c(Cl)ccnc12. The smallest absolute Gasteiger partial charge is 0.0789 e. The zero-order valence-electron chi connectivity index (χ0n) is 7.00. The zero-order valence-corrected chi connectivity index (χ0v) is 7.75. The first-order valence-electron chi connectivity index (χ1n) is 3.98. The highest BCUT2D eigenvalue weighted by molar-refractivity contribution is 6.35. The Bertz CT molecular complexity index is 463. The summed E-state index contributed by atoms with van der Waals surface area (Å²) in [4.78, 5) is 4.26. The van der Waals surface area contributed by atoms with Crippen molar-refractivity contribution >= 4 is 28.6 Å². The highest BCUT2D eigenvalue weighted by Crippen LogP contribution is 2.24. The Balaban J connectivity index is 2.92. The molecule has 2 rings (SSSR count). The molecule has 0 bridgehead atoms. The van der Waals surface area contributed by atoms with Gasteiger partial charge in [0.2, 0.25) is 0 Å². The maximum atomic E-state index is 6.01. The van der Waals surface area contributed by atoms with Crippen molar-refractivity contribution < 1.29 is 0 Å². The Hall–Kier alpha value is -1.34. The van der Waals surface area contributed by atoms with Gasteiger partial charge >= 0.3 is 0 Å². The average molecular weight is 190 g/mol. The van der Waals surface area contributed by atoms with Crippen LogP contribution in [0, 0.1) is 0 Å². The van der Waals surface area contributed by atoms with Gasteiger partial charge in [0.25, 0.3) is 0 Å². The molecule has 0 aliphatic carbocycles. The van der Waals surface area contributed by atoms with E-state index < -0.39 is 0 Å². The van der Waals surface area contributed by atoms with Crippen LogP contribution in [0.4, 0.5) is 0 Å². The number of hydrogen-bond acceptors (Lipinski definition) is 1. The molecule has 0 aliphatic rings. The van der Waals surface area contributed by atoms with E-state index in [-0.39, 0.29) is 0 Å². The maximum absolute atomic E-state index is 6.01. The first-order valence-corrected chi connectivity index (χ1v) is 4.36. The molecule has 2 heteroatoms. The maximum Gasteiger partial charge on any atom is 0.0789 e. The van der Waals surface area contributed by atoms with Gasteiger partial charge in [0.15, 0.2) is 0 Å². The van der Waals surface area contributed by atoms with E-state index in [0.717, 1.165) is 21.5 Å². The van der Waals surface area contributed by atoms with Crippen LogP contribution in [0.15, 0.2) is 37.0 Å². The number of fused-ring (bicyclic) bond motifs is 1. The second-order valence-corrected chi connectivity index (χ2v) is 3.15. The minimum absolute atomic E-state index is 0.730. The van der Waals surface area contributed by atoms with Crippen molar-refractivity contribution in [1.82, 2.24) is 4.98 Å². The molecule has 0 fully saturated rings. The molecule has 1 aromatic heterocycles. The lowest BCUT2D eigenvalue weighted by atomic mass is 10.1. The van der Waals surface area contributed by atoms with Crippen molar-refractivity contribution in [2.75, 3.05) is 0 Å². The second-order valence-electron chi connectivity index (χ2n) is 2.74. The molecule has 2 aromatic rings. The number of hydrogen-bond donors (Lipinski definition) is 0. The fourth-order valence-corrected chi connectivity index (χ4v) is 1.54. The Morgan fingerprint density at radius 1 is 1.31 bits per heavy atom. The van der Waals surface area contributed by atoms with Crippen molar-refractivity contribution in [3.63, 3.8) is 0 Å². The van der Waals surface area contributed by atoms with Crippen LogP contribution in [0.2, 0.25) is 5.02 Å². The molecule has 64 valence electrons. The summed E-state index contributed by atoms with van der Waals surface area (Å²) in [6.07, 6.45) is 3.49. The summed E-state index contributed by atoms with van der Waals surface area (Å²) in [6.45, 7) is 3.73. The van der Waals surface area contributed by atoms with Gasteiger partial charge in [-0.25, -0.2) is 0 Å². The first-order chi connectivity index (χ1) is 6.33. The largest absolute Gasteiger partial charge is 0.256 e. The summed E-state index contributed by atoms with van der Waals surface area (Å²) in [7, 11) is 0. The van der Waals surface area contributed by atoms with E-state index in [9.17, 15) is 0 Å². The fraction of sp³-hybridized carbons (Fsp3) is 0. The molecule has 0 saturated carbocycles. The molecule has 0 amide bonds. The summed E-state index contributed by atoms with van der Waals surface area (Å²) < 4.78 is 0. The van der Waals surface area contributed by atoms with Crippen molar-refractivity contribution in [3.8, 4) is 0 Å². The number of aromatic nitrogens is 1. The normalized spacial score (nSPS) is 10.2. The minimum Gasteiger partial charge on any atom is -0.256 e. The molecule has 1 heterocycles. The standard InChI is InChI=1S/C11H8ClN/c1-2-8-4-3-5-9-10(12)6-7-13-11(8)9/h2-7H,1H2. The Labute approximate surface area is 81.7 Å². The summed E-state index contributed by atoms with van der Waals surface area (Å²) in [5.74, 6) is 0. The van der Waals surface area contributed by atoms with Crippen LogP contribution >= 0.6 is 11.6 Å². The van der Waals surface area contributed by atoms with E-state index in [0.29, 0.717) is 0 Å². The number of para-hydroxylation sites is 1. The number of rotatable bonds is 1. The minimum atomic E-state index is 0.730. The second kappa shape index (κ2) is 3.19. The lowest BCUT2D eigenvalue weighted by Gasteiger charge is -2.01. The number of benzene rings is 1. The topological polar surface area (TPSA) is 12.9 Å². The number of pyridine rings is 1. The van der Waals surface area contributed by atoms with Gasteiger partial charge in [-0.3, -0.25) is 4.98 Å². The molecular weight excluding hydrogens is 182 g/mol. The quantitative estimate of drug-likeness (QED) is 0.669. The lowest BCUT2D eigenvalue weighted by molar-refractivity contribution is 1.41. The van der Waals surface area contributed by atoms with E-state index in [2.05, 4.69) is 11.6 Å². The van der Waals surface area contributed by atoms with Gasteiger partial charge in [-0.05, 0) is 6.07 Å². The van der Waals surface area contributed by atoms with Crippen LogP contribution in [0.1, 0.15) is 5.56 Å². The van der Waals surface area contributed by atoms with Crippen molar-refractivity contribution in [1.29, 1.82) is 0 Å². The fourth-order valence-electron chi connectivity index (χ4n) is 1.33. The van der Waals surface area contributed by atoms with Crippen LogP contribution in [-0.2, 0) is 0 Å². The van der Waals surface area contributed by atoms with Crippen molar-refractivity contribution in [2.45, 2.75) is 0 Å². The number of halogens is 1. The van der Waals surface area contributed by atoms with Crippen LogP contribution in [-0.4, -0.2) is 4.98 Å². The Kier molecular flexibility index (Phi) is 2.03. The zero-order chi connectivity index (χ0) is 9.26. The third-order valence-corrected chi connectivity index (χ3v) is 2.30. The molecule has 0 N–H and O–H groups in total. The number of nitrogens with zero attached hydrogens (tertiary/aromatic N) is 1. The highest BCUT2D eigenvalue weighted by atomic mass is 35.5. The van der Waals surface area contributed by atoms with Crippen LogP contribution in [0.5, 0.6) is 0 Å². The Morgan fingerprint density at radius 2 is 2.15 bits per heavy atom. The van der Waals surface area contributed by atoms with E-state index >= 15 is 0 Å². The molecule has 1 aromatic carbocycles. The molecule has 1 nitrogen and oxygen atoms in total. The molecule has 0 unspecified atom stereocenters. The summed E-state index contributed by atoms with van der Waals surface area (Å²) in [6, 6.07) is 7.67. The summed E-state index contributed by atoms with van der Waals surface area (Å²) in [5.41, 5.74) is 1.92. The lowest BCUT2D eigenvalue weighted by Crippen LogP contribution is -1.82. The van der Waals surface area contributed by atoms with E-state index in [1.54, 1.807) is 18.3 Å². The molecule has 0 aliphatic heterocycles. The van der Waals surface area contributed by atoms with E-state index in [1.807, 2.05) is 18.2 Å². The molecular formula is C11H8ClN. The van der Waals surface area contributed by atoms with Gasteiger partial charge < -0.3 is 0 Å². The van der Waals surface area contributed by atoms with Gasteiger partial charge in [0.05, 0.1) is 10.5 Å². The van der Waals surface area contributed by atoms with Gasteiger partial charge in [-0.15, -0.1) is 0 Å². The van der Waals surface area contributed by atoms with E-state index in [4.69, 9.17) is 11.6 Å². The van der Waals surface area contributed by atoms with E-state index in [1.165, 1.54) is 0 Å². The Morgan fingerprint density at radius 3 is 2.92 bits per heavy atom. The average Bonchev–Trinajstić information content (AvgIpc) is 2.18. The van der Waals surface area contributed by atoms with Gasteiger partial charge in [0.1, 0.15) is 0 Å². The summed E-state index contributed by atoms with van der Waals surface area (Å²) >= 11 is 6.01. The van der Waals surface area contributed by atoms with Crippen LogP contribution < -0.4 is 0 Å². The predicted molar refractivity (Wildman–Crippen MR) is 56.8 cm³/mol. The molecule has 0 spiro atoms. The molecule has 0 saturated heterocycles. The predicted octanol–water partition coefficient (Wildman–Crippen LogP) is 3.53. The molecule has 0 radical (unpaired) electrons. The third-order valence-electron chi connectivity index (χ3n) is 1.97. The highest BCUT2D eigenvalue weighted by Gasteiger charge is 2.01. The van der Waals surface area contributed by atoms with Gasteiger partial charge in [-0.2, -0.15) is 0 Å².